The molecule has 0 aliphatic carbocycles. The molecule has 0 bridgehead atoms. The van der Waals surface area contributed by atoms with Gasteiger partial charge in [-0.15, -0.1) is 0 Å². The average molecular weight is 224 g/mol. The molecule has 0 rings (SSSR count). The molecule has 0 aromatic rings. The molecule has 0 amide bonds. The molecule has 0 unspecified atom stereocenters. The van der Waals surface area contributed by atoms with Crippen molar-refractivity contribution in [2.45, 2.75) is 41.5 Å². The van der Waals surface area contributed by atoms with Crippen LogP contribution in [0.1, 0.15) is 41.5 Å². The van der Waals surface area contributed by atoms with Crippen LogP contribution in [0.3, 0.4) is 0 Å². The molecule has 0 aliphatic rings. The van der Waals surface area contributed by atoms with Crippen LogP contribution in [0, 0.1) is 5.41 Å². The lowest BCUT2D eigenvalue weighted by Crippen LogP contribution is -1.93. The van der Waals surface area contributed by atoms with Crippen molar-refractivity contribution in [2.24, 2.45) is 5.41 Å². The number of hydrogen-bond donors (Lipinski definition) is 0. The minimum atomic E-state index is -2.67. The van der Waals surface area contributed by atoms with Crippen LogP contribution in [0.4, 0.5) is 0 Å². The molecule has 0 heterocycles. The highest BCUT2D eigenvalue weighted by Crippen LogP contribution is 2.07. The third kappa shape index (κ3) is 9080. The minimum absolute atomic E-state index is 0.167. The summed E-state index contributed by atoms with van der Waals surface area (Å²) in [5.41, 5.74) is 0.500. The van der Waals surface area contributed by atoms with Crippen LogP contribution in [-0.2, 0) is 14.6 Å². The molecular weight excluding hydrogens is 200 g/mol. The van der Waals surface area contributed by atoms with Crippen LogP contribution in [-0.4, -0.2) is 26.7 Å². The van der Waals surface area contributed by atoms with Gasteiger partial charge in [0.1, 0.15) is 15.6 Å². The maximum Gasteiger partial charge on any atom is 0.144 e. The summed E-state index contributed by atoms with van der Waals surface area (Å²) in [5.74, 6) is 0.167. The number of carbonyl (C=O) groups excluding carboxylic acids is 1. The van der Waals surface area contributed by atoms with Crippen molar-refractivity contribution in [1.82, 2.24) is 0 Å². The fraction of sp³-hybridized carbons (Fsp3) is 0.900. The summed E-state index contributed by atoms with van der Waals surface area (Å²) in [6, 6.07) is 0. The van der Waals surface area contributed by atoms with Crippen molar-refractivity contribution in [3.63, 3.8) is 0 Å². The van der Waals surface area contributed by atoms with E-state index < -0.39 is 9.84 Å². The van der Waals surface area contributed by atoms with E-state index in [1.165, 1.54) is 13.8 Å². The summed E-state index contributed by atoms with van der Waals surface area (Å²) in [4.78, 5) is 9.44. The predicted octanol–water partition coefficient (Wildman–Crippen LogP) is 2.31. The smallest absolute Gasteiger partial charge is 0.144 e. The second-order valence-corrected chi connectivity index (χ2v) is 7.34. The molecule has 0 spiro atoms. The third-order valence-electron chi connectivity index (χ3n) is 0. The maximum atomic E-state index is 9.63. The molecule has 4 heteroatoms. The zero-order chi connectivity index (χ0) is 12.6. The Morgan fingerprint density at radius 3 is 0.929 bits per heavy atom. The van der Waals surface area contributed by atoms with Crippen molar-refractivity contribution >= 4 is 15.6 Å². The number of carbonyl (C=O) groups is 1. The minimum Gasteiger partial charge on any atom is -0.300 e. The fourth-order valence-electron chi connectivity index (χ4n) is 0. The molecule has 0 saturated carbocycles. The summed E-state index contributed by atoms with van der Waals surface area (Å²) < 4.78 is 19.3. The van der Waals surface area contributed by atoms with Gasteiger partial charge in [-0.05, 0) is 19.3 Å². The topological polar surface area (TPSA) is 51.2 Å². The lowest BCUT2D eigenvalue weighted by atomic mass is 10.0. The molecule has 0 aromatic heterocycles. The highest BCUT2D eigenvalue weighted by atomic mass is 32.2. The normalized spacial score (nSPS) is 10.3. The standard InChI is InChI=1S/C5H12.C3H6O.C2H6O2S/c1-5(2,3)4;1-3(2)4;1-5(2,3)4/h1-4H3;1-2H3;1-2H3. The summed E-state index contributed by atoms with van der Waals surface area (Å²) in [6.45, 7) is 11.8. The molecule has 0 N–H and O–H groups in total. The monoisotopic (exact) mass is 224 g/mol. The molecule has 0 aliphatic heterocycles. The van der Waals surface area contributed by atoms with Crippen molar-refractivity contribution in [3.05, 3.63) is 0 Å². The zero-order valence-corrected chi connectivity index (χ0v) is 11.4. The van der Waals surface area contributed by atoms with Crippen molar-refractivity contribution in [2.75, 3.05) is 12.5 Å². The summed E-state index contributed by atoms with van der Waals surface area (Å²) in [7, 11) is -2.67. The predicted molar refractivity (Wildman–Crippen MR) is 62.3 cm³/mol. The number of Topliss-reactive ketones (excluding diaryl/α,β-unsaturated/α-hetero) is 1. The number of ketones is 1. The molecule has 3 nitrogen and oxygen atoms in total. The molecule has 14 heavy (non-hydrogen) atoms. The second kappa shape index (κ2) is 7.97. The first-order chi connectivity index (χ1) is 5.73. The quantitative estimate of drug-likeness (QED) is 0.634. The van der Waals surface area contributed by atoms with Crippen LogP contribution in [0.25, 0.3) is 0 Å². The van der Waals surface area contributed by atoms with Gasteiger partial charge in [0.05, 0.1) is 0 Å². The van der Waals surface area contributed by atoms with Gasteiger partial charge in [0.25, 0.3) is 0 Å². The van der Waals surface area contributed by atoms with Crippen LogP contribution in [0.2, 0.25) is 0 Å². The third-order valence-corrected chi connectivity index (χ3v) is 0. The van der Waals surface area contributed by atoms with E-state index in [0.29, 0.717) is 5.41 Å². The van der Waals surface area contributed by atoms with Crippen LogP contribution >= 0.6 is 0 Å². The summed E-state index contributed by atoms with van der Waals surface area (Å²) in [6.07, 6.45) is 2.32. The lowest BCUT2D eigenvalue weighted by molar-refractivity contribution is -0.114. The first-order valence-corrected chi connectivity index (χ1v) is 6.65. The van der Waals surface area contributed by atoms with Gasteiger partial charge in [0.2, 0.25) is 0 Å². The van der Waals surface area contributed by atoms with E-state index in [1.54, 1.807) is 0 Å². The van der Waals surface area contributed by atoms with E-state index in [2.05, 4.69) is 27.7 Å². The first-order valence-electron chi connectivity index (χ1n) is 4.35. The molecule has 0 aromatic carbocycles. The van der Waals surface area contributed by atoms with E-state index in [4.69, 9.17) is 0 Å². The Bertz CT molecular complexity index is 215. The van der Waals surface area contributed by atoms with Crippen molar-refractivity contribution < 1.29 is 13.2 Å². The Labute approximate surface area is 88.8 Å². The second-order valence-electron chi connectivity index (χ2n) is 5.05. The van der Waals surface area contributed by atoms with Crippen molar-refractivity contribution in [1.29, 1.82) is 0 Å². The number of rotatable bonds is 0. The van der Waals surface area contributed by atoms with E-state index in [1.807, 2.05) is 0 Å². The number of sulfone groups is 1. The SMILES string of the molecule is CC(C)(C)C.CC(C)=O.CS(C)(=O)=O. The highest BCUT2D eigenvalue weighted by Gasteiger charge is 1.95. The van der Waals surface area contributed by atoms with Gasteiger partial charge < -0.3 is 4.79 Å². The Kier molecular flexibility index (Phi) is 11.0. The van der Waals surface area contributed by atoms with Gasteiger partial charge in [-0.3, -0.25) is 0 Å². The fourth-order valence-corrected chi connectivity index (χ4v) is 0. The maximum absolute atomic E-state index is 9.63. The Balaban J connectivity index is -0.000000131. The molecular formula is C10H24O3S. The van der Waals surface area contributed by atoms with Gasteiger partial charge in [0.15, 0.2) is 0 Å². The molecule has 0 fully saturated rings. The van der Waals surface area contributed by atoms with Gasteiger partial charge in [-0.1, -0.05) is 27.7 Å². The molecule has 0 saturated heterocycles. The Morgan fingerprint density at radius 2 is 0.929 bits per heavy atom. The Hall–Kier alpha value is -0.380. The Morgan fingerprint density at radius 1 is 0.929 bits per heavy atom. The summed E-state index contributed by atoms with van der Waals surface area (Å²) in [5, 5.41) is 0. The average Bonchev–Trinajstić information content (AvgIpc) is 1.45. The van der Waals surface area contributed by atoms with Crippen LogP contribution < -0.4 is 0 Å². The van der Waals surface area contributed by atoms with Gasteiger partial charge in [-0.25, -0.2) is 8.42 Å². The van der Waals surface area contributed by atoms with Gasteiger partial charge in [0, 0.05) is 12.5 Å². The summed E-state index contributed by atoms with van der Waals surface area (Å²) >= 11 is 0. The van der Waals surface area contributed by atoms with Crippen molar-refractivity contribution in [3.8, 4) is 0 Å². The largest absolute Gasteiger partial charge is 0.300 e. The van der Waals surface area contributed by atoms with Gasteiger partial charge >= 0.3 is 0 Å². The first kappa shape index (κ1) is 19.2. The molecule has 0 atom stereocenters. The van der Waals surface area contributed by atoms with E-state index in [0.717, 1.165) is 12.5 Å². The molecule has 88 valence electrons. The zero-order valence-electron chi connectivity index (χ0n) is 10.6. The van der Waals surface area contributed by atoms with E-state index in [-0.39, 0.29) is 5.78 Å². The van der Waals surface area contributed by atoms with Gasteiger partial charge in [-0.2, -0.15) is 0 Å². The van der Waals surface area contributed by atoms with E-state index in [9.17, 15) is 13.2 Å². The highest BCUT2D eigenvalue weighted by molar-refractivity contribution is 7.89. The van der Waals surface area contributed by atoms with E-state index >= 15 is 0 Å². The van der Waals surface area contributed by atoms with Crippen LogP contribution in [0.5, 0.6) is 0 Å². The molecule has 0 radical (unpaired) electrons. The van der Waals surface area contributed by atoms with Crippen LogP contribution in [0.15, 0.2) is 0 Å². The lowest BCUT2D eigenvalue weighted by Gasteiger charge is -2.05. The number of hydrogen-bond acceptors (Lipinski definition) is 3.